The van der Waals surface area contributed by atoms with E-state index in [0.717, 1.165) is 18.8 Å². The standard InChI is InChI=1S/C25H30N2O4/c1-16(2)15-20(28)22-23(21-12-7-17(3)31-21)27(25(30)24(22)29)19-10-8-18(9-11-19)26-13-5-4-6-14-26/h7-12,16,23,29H,4-6,13-15H2,1-3H3. The van der Waals surface area contributed by atoms with Gasteiger partial charge in [0.25, 0.3) is 5.91 Å². The van der Waals surface area contributed by atoms with Crippen molar-refractivity contribution >= 4 is 23.1 Å². The highest BCUT2D eigenvalue weighted by Gasteiger charge is 2.45. The number of carbonyl (C=O) groups excluding carboxylic acids is 2. The van der Waals surface area contributed by atoms with Gasteiger partial charge >= 0.3 is 0 Å². The molecule has 31 heavy (non-hydrogen) atoms. The summed E-state index contributed by atoms with van der Waals surface area (Å²) in [6, 6.07) is 10.6. The highest BCUT2D eigenvalue weighted by atomic mass is 16.3. The molecule has 2 aliphatic rings. The summed E-state index contributed by atoms with van der Waals surface area (Å²) in [5.41, 5.74) is 1.87. The third-order valence-electron chi connectivity index (χ3n) is 5.98. The zero-order valence-corrected chi connectivity index (χ0v) is 18.4. The van der Waals surface area contributed by atoms with E-state index in [1.165, 1.54) is 24.2 Å². The van der Waals surface area contributed by atoms with Gasteiger partial charge in [0.2, 0.25) is 0 Å². The topological polar surface area (TPSA) is 74.0 Å². The van der Waals surface area contributed by atoms with Gasteiger partial charge in [-0.05, 0) is 68.5 Å². The molecule has 0 aliphatic carbocycles. The summed E-state index contributed by atoms with van der Waals surface area (Å²) in [7, 11) is 0. The van der Waals surface area contributed by atoms with Crippen molar-refractivity contribution in [1.29, 1.82) is 0 Å². The average Bonchev–Trinajstić information content (AvgIpc) is 3.29. The number of aryl methyl sites for hydroxylation is 1. The molecule has 1 unspecified atom stereocenters. The number of ketones is 1. The second kappa shape index (κ2) is 8.61. The summed E-state index contributed by atoms with van der Waals surface area (Å²) >= 11 is 0. The molecule has 1 atom stereocenters. The van der Waals surface area contributed by atoms with Crippen LogP contribution in [-0.2, 0) is 9.59 Å². The van der Waals surface area contributed by atoms with Crippen molar-refractivity contribution in [3.05, 3.63) is 59.3 Å². The van der Waals surface area contributed by atoms with Crippen molar-refractivity contribution in [2.45, 2.75) is 52.5 Å². The molecule has 6 nitrogen and oxygen atoms in total. The smallest absolute Gasteiger partial charge is 0.294 e. The maximum atomic E-state index is 13.1. The third-order valence-corrected chi connectivity index (χ3v) is 5.98. The van der Waals surface area contributed by atoms with Crippen molar-refractivity contribution in [2.75, 3.05) is 22.9 Å². The number of aliphatic hydroxyl groups is 1. The summed E-state index contributed by atoms with van der Waals surface area (Å²) in [4.78, 5) is 29.9. The minimum Gasteiger partial charge on any atom is -0.503 e. The third kappa shape index (κ3) is 4.11. The SMILES string of the molecule is Cc1ccc(C2C(C(=O)CC(C)C)=C(O)C(=O)N2c2ccc(N3CCCCC3)cc2)o1. The lowest BCUT2D eigenvalue weighted by atomic mass is 9.95. The number of Topliss-reactive ketones (excluding diaryl/α,β-unsaturated/α-hetero) is 1. The normalized spacial score (nSPS) is 19.6. The number of aliphatic hydroxyl groups excluding tert-OH is 1. The van der Waals surface area contributed by atoms with Gasteiger partial charge in [0, 0.05) is 30.9 Å². The van der Waals surface area contributed by atoms with Crippen molar-refractivity contribution in [3.8, 4) is 0 Å². The Bertz CT molecular complexity index is 997. The van der Waals surface area contributed by atoms with Gasteiger partial charge < -0.3 is 14.4 Å². The van der Waals surface area contributed by atoms with Gasteiger partial charge in [-0.3, -0.25) is 14.5 Å². The van der Waals surface area contributed by atoms with Crippen LogP contribution in [0.1, 0.15) is 57.1 Å². The first kappa shape index (κ1) is 21.2. The Kier molecular flexibility index (Phi) is 5.90. The number of hydrogen-bond donors (Lipinski definition) is 1. The molecule has 1 saturated heterocycles. The number of hydrogen-bond acceptors (Lipinski definition) is 5. The van der Waals surface area contributed by atoms with Gasteiger partial charge in [-0.15, -0.1) is 0 Å². The molecule has 0 bridgehead atoms. The van der Waals surface area contributed by atoms with E-state index in [0.29, 0.717) is 17.2 Å². The first-order valence-corrected chi connectivity index (χ1v) is 11.1. The van der Waals surface area contributed by atoms with Crippen LogP contribution in [0.15, 0.2) is 52.1 Å². The highest BCUT2D eigenvalue weighted by molar-refractivity contribution is 6.16. The molecular formula is C25H30N2O4. The molecule has 2 aromatic rings. The zero-order valence-electron chi connectivity index (χ0n) is 18.4. The van der Waals surface area contributed by atoms with Gasteiger partial charge in [0.1, 0.15) is 17.6 Å². The van der Waals surface area contributed by atoms with Gasteiger partial charge in [-0.25, -0.2) is 0 Å². The minimum atomic E-state index is -0.770. The van der Waals surface area contributed by atoms with Crippen LogP contribution in [0, 0.1) is 12.8 Å². The van der Waals surface area contributed by atoms with Crippen molar-refractivity contribution < 1.29 is 19.1 Å². The van der Waals surface area contributed by atoms with Crippen LogP contribution in [0.25, 0.3) is 0 Å². The molecule has 6 heteroatoms. The molecule has 0 spiro atoms. The molecule has 1 amide bonds. The molecule has 3 heterocycles. The van der Waals surface area contributed by atoms with E-state index in [2.05, 4.69) is 4.90 Å². The lowest BCUT2D eigenvalue weighted by molar-refractivity contribution is -0.118. The Morgan fingerprint density at radius 2 is 1.71 bits per heavy atom. The first-order chi connectivity index (χ1) is 14.9. The summed E-state index contributed by atoms with van der Waals surface area (Å²) < 4.78 is 5.82. The molecule has 1 fully saturated rings. The second-order valence-electron chi connectivity index (χ2n) is 8.87. The predicted molar refractivity (Wildman–Crippen MR) is 120 cm³/mol. The van der Waals surface area contributed by atoms with Crippen LogP contribution in [0.3, 0.4) is 0 Å². The van der Waals surface area contributed by atoms with Crippen LogP contribution in [0.2, 0.25) is 0 Å². The van der Waals surface area contributed by atoms with Crippen LogP contribution >= 0.6 is 0 Å². The maximum Gasteiger partial charge on any atom is 0.294 e. The van der Waals surface area contributed by atoms with E-state index < -0.39 is 17.7 Å². The Labute approximate surface area is 183 Å². The van der Waals surface area contributed by atoms with E-state index in [9.17, 15) is 14.7 Å². The van der Waals surface area contributed by atoms with E-state index in [-0.39, 0.29) is 23.7 Å². The Hall–Kier alpha value is -3.02. The van der Waals surface area contributed by atoms with Gasteiger partial charge in [-0.1, -0.05) is 13.8 Å². The number of nitrogens with zero attached hydrogens (tertiary/aromatic N) is 2. The minimum absolute atomic E-state index is 0.111. The first-order valence-electron chi connectivity index (χ1n) is 11.1. The van der Waals surface area contributed by atoms with Crippen molar-refractivity contribution in [2.24, 2.45) is 5.92 Å². The van der Waals surface area contributed by atoms with Crippen LogP contribution < -0.4 is 9.80 Å². The van der Waals surface area contributed by atoms with E-state index in [1.807, 2.05) is 45.0 Å². The van der Waals surface area contributed by atoms with E-state index >= 15 is 0 Å². The number of amides is 1. The fraction of sp³-hybridized carbons (Fsp3) is 0.440. The number of carbonyl (C=O) groups is 2. The summed E-state index contributed by atoms with van der Waals surface area (Å²) in [6.07, 6.45) is 3.89. The average molecular weight is 423 g/mol. The second-order valence-corrected chi connectivity index (χ2v) is 8.87. The van der Waals surface area contributed by atoms with Crippen molar-refractivity contribution in [3.63, 3.8) is 0 Å². The summed E-state index contributed by atoms with van der Waals surface area (Å²) in [6.45, 7) is 7.76. The lowest BCUT2D eigenvalue weighted by Gasteiger charge is -2.30. The van der Waals surface area contributed by atoms with Gasteiger partial charge in [-0.2, -0.15) is 0 Å². The molecular weight excluding hydrogens is 392 g/mol. The van der Waals surface area contributed by atoms with E-state index in [4.69, 9.17) is 4.42 Å². The van der Waals surface area contributed by atoms with Crippen LogP contribution in [0.4, 0.5) is 11.4 Å². The number of anilines is 2. The molecule has 0 radical (unpaired) electrons. The molecule has 1 N–H and O–H groups in total. The highest BCUT2D eigenvalue weighted by Crippen LogP contribution is 2.42. The summed E-state index contributed by atoms with van der Waals surface area (Å²) in [5, 5.41) is 10.7. The fourth-order valence-corrected chi connectivity index (χ4v) is 4.48. The quantitative estimate of drug-likeness (QED) is 0.702. The molecule has 4 rings (SSSR count). The number of piperidine rings is 1. The number of benzene rings is 1. The Morgan fingerprint density at radius 3 is 2.29 bits per heavy atom. The lowest BCUT2D eigenvalue weighted by Crippen LogP contribution is -2.31. The number of rotatable bonds is 6. The largest absolute Gasteiger partial charge is 0.503 e. The van der Waals surface area contributed by atoms with E-state index in [1.54, 1.807) is 12.1 Å². The number of furan rings is 1. The van der Waals surface area contributed by atoms with Gasteiger partial charge in [0.05, 0.1) is 5.57 Å². The molecule has 164 valence electrons. The van der Waals surface area contributed by atoms with Crippen LogP contribution in [-0.4, -0.2) is 29.9 Å². The molecule has 1 aromatic carbocycles. The van der Waals surface area contributed by atoms with Gasteiger partial charge in [0.15, 0.2) is 11.5 Å². The Morgan fingerprint density at radius 1 is 1.06 bits per heavy atom. The molecule has 2 aliphatic heterocycles. The van der Waals surface area contributed by atoms with Crippen LogP contribution in [0.5, 0.6) is 0 Å². The molecule has 0 saturated carbocycles. The molecule has 1 aromatic heterocycles. The summed E-state index contributed by atoms with van der Waals surface area (Å²) in [5.74, 6) is -0.0131. The predicted octanol–water partition coefficient (Wildman–Crippen LogP) is 5.09. The Balaban J connectivity index is 1.70. The zero-order chi connectivity index (χ0) is 22.1. The maximum absolute atomic E-state index is 13.1. The van der Waals surface area contributed by atoms with Crippen molar-refractivity contribution in [1.82, 2.24) is 0 Å². The fourth-order valence-electron chi connectivity index (χ4n) is 4.48. The monoisotopic (exact) mass is 422 g/mol.